The summed E-state index contributed by atoms with van der Waals surface area (Å²) < 4.78 is 64.8. The molecule has 2 fully saturated rings. The fraction of sp³-hybridized carbons (Fsp3) is 0.588. The van der Waals surface area contributed by atoms with Gasteiger partial charge in [-0.3, -0.25) is 4.79 Å². The molecular weight excluding hydrogens is 369 g/mol. The highest BCUT2D eigenvalue weighted by Gasteiger charge is 2.41. The summed E-state index contributed by atoms with van der Waals surface area (Å²) in [7, 11) is -3.19. The molecule has 0 unspecified atom stereocenters. The fourth-order valence-electron chi connectivity index (χ4n) is 3.21. The van der Waals surface area contributed by atoms with E-state index in [0.717, 1.165) is 25.0 Å². The monoisotopic (exact) mass is 390 g/mol. The van der Waals surface area contributed by atoms with Crippen molar-refractivity contribution in [2.75, 3.05) is 19.6 Å². The Hall–Kier alpha value is -1.61. The number of hydrogen-bond donors (Lipinski definition) is 1. The van der Waals surface area contributed by atoms with Crippen LogP contribution in [0, 0.1) is 5.92 Å². The van der Waals surface area contributed by atoms with Crippen molar-refractivity contribution in [3.63, 3.8) is 0 Å². The molecule has 1 saturated heterocycles. The van der Waals surface area contributed by atoms with Crippen molar-refractivity contribution in [3.05, 3.63) is 35.4 Å². The number of benzene rings is 1. The summed E-state index contributed by atoms with van der Waals surface area (Å²) >= 11 is 0. The Morgan fingerprint density at radius 3 is 2.31 bits per heavy atom. The number of halogens is 3. The van der Waals surface area contributed by atoms with Gasteiger partial charge in [0.1, 0.15) is 0 Å². The number of nitrogens with one attached hydrogen (secondary N) is 1. The van der Waals surface area contributed by atoms with Gasteiger partial charge in [-0.25, -0.2) is 12.7 Å². The van der Waals surface area contributed by atoms with E-state index in [0.29, 0.717) is 25.9 Å². The van der Waals surface area contributed by atoms with E-state index in [2.05, 4.69) is 5.32 Å². The fourth-order valence-corrected chi connectivity index (χ4v) is 5.08. The molecule has 1 saturated carbocycles. The molecule has 1 aliphatic heterocycles. The van der Waals surface area contributed by atoms with Crippen LogP contribution in [-0.4, -0.2) is 43.5 Å². The second-order valence-electron chi connectivity index (χ2n) is 6.84. The number of nitrogens with zero attached hydrogens (tertiary/aromatic N) is 1. The number of rotatable bonds is 5. The predicted octanol–water partition coefficient (Wildman–Crippen LogP) is 2.64. The molecule has 0 aromatic heterocycles. The molecule has 3 rings (SSSR count). The van der Waals surface area contributed by atoms with Crippen molar-refractivity contribution in [2.45, 2.75) is 37.1 Å². The Morgan fingerprint density at radius 1 is 1.12 bits per heavy atom. The number of alkyl halides is 3. The maximum atomic E-state index is 13.0. The minimum atomic E-state index is -4.59. The first-order valence-electron chi connectivity index (χ1n) is 8.63. The van der Waals surface area contributed by atoms with Crippen LogP contribution < -0.4 is 5.32 Å². The zero-order chi connectivity index (χ0) is 18.9. The lowest BCUT2D eigenvalue weighted by atomic mass is 9.98. The number of sulfonamides is 1. The molecule has 0 spiro atoms. The highest BCUT2D eigenvalue weighted by molar-refractivity contribution is 7.90. The molecule has 1 N–H and O–H groups in total. The van der Waals surface area contributed by atoms with E-state index in [9.17, 15) is 26.4 Å². The minimum Gasteiger partial charge on any atom is -0.352 e. The molecule has 1 heterocycles. The number of piperidine rings is 1. The van der Waals surface area contributed by atoms with Gasteiger partial charge in [0, 0.05) is 19.6 Å². The van der Waals surface area contributed by atoms with Gasteiger partial charge in [-0.15, -0.1) is 0 Å². The Balaban J connectivity index is 1.54. The molecule has 5 nitrogen and oxygen atoms in total. The summed E-state index contributed by atoms with van der Waals surface area (Å²) in [5.74, 6) is -0.700. The van der Waals surface area contributed by atoms with Crippen LogP contribution >= 0.6 is 0 Å². The summed E-state index contributed by atoms with van der Waals surface area (Å²) in [4.78, 5) is 12.2. The molecule has 1 aliphatic carbocycles. The Labute approximate surface area is 150 Å². The van der Waals surface area contributed by atoms with Crippen molar-refractivity contribution >= 4 is 15.9 Å². The van der Waals surface area contributed by atoms with E-state index in [1.54, 1.807) is 0 Å². The topological polar surface area (TPSA) is 66.5 Å². The van der Waals surface area contributed by atoms with Crippen LogP contribution in [0.4, 0.5) is 13.2 Å². The van der Waals surface area contributed by atoms with Crippen molar-refractivity contribution in [1.82, 2.24) is 9.62 Å². The SMILES string of the molecule is O=C(NCC1CCN(S(=O)(=O)C2CC2)CC1)c1ccccc1C(F)(F)F. The molecule has 1 amide bonds. The lowest BCUT2D eigenvalue weighted by Gasteiger charge is -2.31. The molecule has 0 bridgehead atoms. The van der Waals surface area contributed by atoms with E-state index in [4.69, 9.17) is 0 Å². The lowest BCUT2D eigenvalue weighted by molar-refractivity contribution is -0.137. The average molecular weight is 390 g/mol. The van der Waals surface area contributed by atoms with Gasteiger partial charge in [-0.2, -0.15) is 13.2 Å². The van der Waals surface area contributed by atoms with Crippen LogP contribution in [0.1, 0.15) is 41.6 Å². The molecule has 0 atom stereocenters. The van der Waals surface area contributed by atoms with Gasteiger partial charge in [0.15, 0.2) is 0 Å². The standard InChI is InChI=1S/C17H21F3N2O3S/c18-17(19,20)15-4-2-1-3-14(15)16(23)21-11-12-7-9-22(10-8-12)26(24,25)13-5-6-13/h1-4,12-13H,5-11H2,(H,21,23). The maximum absolute atomic E-state index is 13.0. The third-order valence-corrected chi connectivity index (χ3v) is 7.31. The third-order valence-electron chi connectivity index (χ3n) is 4.91. The van der Waals surface area contributed by atoms with Gasteiger partial charge in [0.05, 0.1) is 16.4 Å². The van der Waals surface area contributed by atoms with Crippen LogP contribution in [0.3, 0.4) is 0 Å². The Bertz CT molecular complexity index is 768. The quantitative estimate of drug-likeness (QED) is 0.841. The second kappa shape index (κ2) is 7.19. The van der Waals surface area contributed by atoms with Gasteiger partial charge in [0.25, 0.3) is 5.91 Å². The average Bonchev–Trinajstić information content (AvgIpc) is 3.45. The zero-order valence-corrected chi connectivity index (χ0v) is 14.9. The summed E-state index contributed by atoms with van der Waals surface area (Å²) in [6, 6.07) is 4.68. The molecule has 1 aromatic carbocycles. The van der Waals surface area contributed by atoms with Crippen LogP contribution in [0.2, 0.25) is 0 Å². The van der Waals surface area contributed by atoms with Crippen molar-refractivity contribution in [2.24, 2.45) is 5.92 Å². The number of carbonyl (C=O) groups is 1. The zero-order valence-electron chi connectivity index (χ0n) is 14.1. The summed E-state index contributed by atoms with van der Waals surface area (Å²) in [5, 5.41) is 2.32. The highest BCUT2D eigenvalue weighted by atomic mass is 32.2. The summed E-state index contributed by atoms with van der Waals surface area (Å²) in [5.41, 5.74) is -1.35. The molecule has 144 valence electrons. The molecule has 1 aromatic rings. The number of carbonyl (C=O) groups excluding carboxylic acids is 1. The molecule has 9 heteroatoms. The second-order valence-corrected chi connectivity index (χ2v) is 9.05. The molecular formula is C17H21F3N2O3S. The largest absolute Gasteiger partial charge is 0.417 e. The van der Waals surface area contributed by atoms with Crippen LogP contribution in [0.25, 0.3) is 0 Å². The first-order chi connectivity index (χ1) is 12.2. The number of amides is 1. The molecule has 0 radical (unpaired) electrons. The van der Waals surface area contributed by atoms with Gasteiger partial charge in [-0.1, -0.05) is 12.1 Å². The van der Waals surface area contributed by atoms with E-state index >= 15 is 0 Å². The summed E-state index contributed by atoms with van der Waals surface area (Å²) in [6.45, 7) is 1.04. The molecule has 26 heavy (non-hydrogen) atoms. The lowest BCUT2D eigenvalue weighted by Crippen LogP contribution is -2.42. The predicted molar refractivity (Wildman–Crippen MR) is 90.0 cm³/mol. The van der Waals surface area contributed by atoms with Crippen LogP contribution in [-0.2, 0) is 16.2 Å². The van der Waals surface area contributed by atoms with E-state index in [-0.39, 0.29) is 17.7 Å². The van der Waals surface area contributed by atoms with Crippen LogP contribution in [0.5, 0.6) is 0 Å². The van der Waals surface area contributed by atoms with E-state index in [1.165, 1.54) is 16.4 Å². The number of hydrogen-bond acceptors (Lipinski definition) is 3. The normalized spacial score (nSPS) is 20.1. The van der Waals surface area contributed by atoms with Gasteiger partial charge < -0.3 is 5.32 Å². The van der Waals surface area contributed by atoms with E-state index < -0.39 is 33.2 Å². The van der Waals surface area contributed by atoms with Gasteiger partial charge in [0.2, 0.25) is 10.0 Å². The smallest absolute Gasteiger partial charge is 0.352 e. The van der Waals surface area contributed by atoms with Crippen molar-refractivity contribution in [1.29, 1.82) is 0 Å². The Kier molecular flexibility index (Phi) is 5.30. The third kappa shape index (κ3) is 4.20. The molecule has 2 aliphatic rings. The van der Waals surface area contributed by atoms with E-state index in [1.807, 2.05) is 0 Å². The maximum Gasteiger partial charge on any atom is 0.417 e. The van der Waals surface area contributed by atoms with Gasteiger partial charge >= 0.3 is 6.18 Å². The summed E-state index contributed by atoms with van der Waals surface area (Å²) in [6.07, 6.45) is -1.97. The van der Waals surface area contributed by atoms with Gasteiger partial charge in [-0.05, 0) is 43.7 Å². The van der Waals surface area contributed by atoms with Crippen molar-refractivity contribution < 1.29 is 26.4 Å². The van der Waals surface area contributed by atoms with Crippen molar-refractivity contribution in [3.8, 4) is 0 Å². The highest BCUT2D eigenvalue weighted by Crippen LogP contribution is 2.33. The Morgan fingerprint density at radius 2 is 1.73 bits per heavy atom. The first kappa shape index (κ1) is 19.2. The first-order valence-corrected chi connectivity index (χ1v) is 10.1. The minimum absolute atomic E-state index is 0.0580. The van der Waals surface area contributed by atoms with Crippen LogP contribution in [0.15, 0.2) is 24.3 Å².